The minimum Gasteiger partial charge on any atom is -0.354 e. The number of nitrogens with one attached hydrogen (secondary N) is 1. The second kappa shape index (κ2) is 4.39. The molecule has 2 heterocycles. The lowest BCUT2D eigenvalue weighted by Crippen LogP contribution is -2.48. The Morgan fingerprint density at radius 2 is 2.40 bits per heavy atom. The molecule has 4 nitrogen and oxygen atoms in total. The molecule has 2 aliphatic heterocycles. The number of carbonyl (C=O) groups is 2. The van der Waals surface area contributed by atoms with Gasteiger partial charge >= 0.3 is 0 Å². The number of amides is 2. The summed E-state index contributed by atoms with van der Waals surface area (Å²) in [6, 6.07) is 0.0713. The highest BCUT2D eigenvalue weighted by molar-refractivity contribution is 6.18. The van der Waals surface area contributed by atoms with Crippen LogP contribution in [0.2, 0.25) is 0 Å². The van der Waals surface area contributed by atoms with Crippen LogP contribution in [-0.4, -0.2) is 41.7 Å². The molecule has 0 aromatic rings. The molecule has 0 radical (unpaired) electrons. The summed E-state index contributed by atoms with van der Waals surface area (Å²) in [5, 5.41) is 2.82. The summed E-state index contributed by atoms with van der Waals surface area (Å²) >= 11 is 5.56. The summed E-state index contributed by atoms with van der Waals surface area (Å²) in [5.74, 6) is 0.547. The number of hydrogen-bond donors (Lipinski definition) is 1. The summed E-state index contributed by atoms with van der Waals surface area (Å²) in [6.45, 7) is 1.38. The van der Waals surface area contributed by atoms with Crippen molar-refractivity contribution in [3.63, 3.8) is 0 Å². The molecule has 84 valence electrons. The van der Waals surface area contributed by atoms with Crippen molar-refractivity contribution in [3.8, 4) is 0 Å². The van der Waals surface area contributed by atoms with Gasteiger partial charge in [0.2, 0.25) is 11.8 Å². The predicted molar refractivity (Wildman–Crippen MR) is 56.6 cm³/mol. The van der Waals surface area contributed by atoms with Gasteiger partial charge < -0.3 is 10.2 Å². The van der Waals surface area contributed by atoms with Gasteiger partial charge in [-0.25, -0.2) is 0 Å². The molecule has 2 aliphatic rings. The second-order valence-corrected chi connectivity index (χ2v) is 4.47. The molecular formula is C10H15ClN2O2. The van der Waals surface area contributed by atoms with E-state index in [-0.39, 0.29) is 23.8 Å². The first-order valence-corrected chi connectivity index (χ1v) is 5.90. The van der Waals surface area contributed by atoms with Crippen molar-refractivity contribution in [2.75, 3.05) is 19.0 Å². The molecule has 0 spiro atoms. The summed E-state index contributed by atoms with van der Waals surface area (Å²) in [5.41, 5.74) is 0. The zero-order chi connectivity index (χ0) is 10.8. The molecule has 0 aliphatic carbocycles. The zero-order valence-corrected chi connectivity index (χ0v) is 9.29. The maximum atomic E-state index is 11.7. The predicted octanol–water partition coefficient (Wildman–Crippen LogP) is 0.352. The van der Waals surface area contributed by atoms with Crippen LogP contribution in [0.5, 0.6) is 0 Å². The van der Waals surface area contributed by atoms with Gasteiger partial charge in [0.15, 0.2) is 0 Å². The van der Waals surface area contributed by atoms with Crippen LogP contribution in [0, 0.1) is 5.92 Å². The van der Waals surface area contributed by atoms with Crippen molar-refractivity contribution in [2.45, 2.75) is 25.3 Å². The minimum atomic E-state index is 0.0121. The SMILES string of the molecule is O=C1NCC2C1CCCN2C(=O)CCCl. The molecule has 0 aromatic heterocycles. The Morgan fingerprint density at radius 1 is 1.60 bits per heavy atom. The van der Waals surface area contributed by atoms with Crippen LogP contribution >= 0.6 is 11.6 Å². The van der Waals surface area contributed by atoms with Gasteiger partial charge in [0.05, 0.1) is 12.0 Å². The third kappa shape index (κ3) is 1.95. The van der Waals surface area contributed by atoms with Crippen molar-refractivity contribution < 1.29 is 9.59 Å². The molecule has 2 rings (SSSR count). The number of piperidine rings is 1. The quantitative estimate of drug-likeness (QED) is 0.696. The summed E-state index contributed by atoms with van der Waals surface area (Å²) in [4.78, 5) is 25.0. The number of likely N-dealkylation sites (tertiary alicyclic amines) is 1. The number of nitrogens with zero attached hydrogens (tertiary/aromatic N) is 1. The molecular weight excluding hydrogens is 216 g/mol. The van der Waals surface area contributed by atoms with E-state index in [9.17, 15) is 9.59 Å². The Hall–Kier alpha value is -0.770. The molecule has 2 unspecified atom stereocenters. The fourth-order valence-electron chi connectivity index (χ4n) is 2.49. The molecule has 2 atom stereocenters. The van der Waals surface area contributed by atoms with Crippen molar-refractivity contribution in [2.24, 2.45) is 5.92 Å². The third-order valence-corrected chi connectivity index (χ3v) is 3.42. The first-order chi connectivity index (χ1) is 7.24. The first kappa shape index (κ1) is 10.7. The Labute approximate surface area is 93.9 Å². The van der Waals surface area contributed by atoms with E-state index < -0.39 is 0 Å². The maximum absolute atomic E-state index is 11.7. The van der Waals surface area contributed by atoms with Gasteiger partial charge in [0.1, 0.15) is 0 Å². The van der Waals surface area contributed by atoms with Crippen LogP contribution in [-0.2, 0) is 9.59 Å². The second-order valence-electron chi connectivity index (χ2n) is 4.09. The average molecular weight is 231 g/mol. The fourth-order valence-corrected chi connectivity index (χ4v) is 2.65. The van der Waals surface area contributed by atoms with Crippen LogP contribution in [0.3, 0.4) is 0 Å². The topological polar surface area (TPSA) is 49.4 Å². The highest BCUT2D eigenvalue weighted by atomic mass is 35.5. The van der Waals surface area contributed by atoms with Crippen LogP contribution in [0.4, 0.5) is 0 Å². The van der Waals surface area contributed by atoms with E-state index in [1.54, 1.807) is 0 Å². The lowest BCUT2D eigenvalue weighted by molar-refractivity contribution is -0.136. The van der Waals surface area contributed by atoms with E-state index in [4.69, 9.17) is 11.6 Å². The molecule has 5 heteroatoms. The van der Waals surface area contributed by atoms with Gasteiger partial charge in [-0.15, -0.1) is 11.6 Å². The molecule has 0 saturated carbocycles. The minimum absolute atomic E-state index is 0.0121. The zero-order valence-electron chi connectivity index (χ0n) is 8.54. The van der Waals surface area contributed by atoms with Gasteiger partial charge in [0.25, 0.3) is 0 Å². The van der Waals surface area contributed by atoms with Crippen LogP contribution in [0.25, 0.3) is 0 Å². The van der Waals surface area contributed by atoms with Crippen molar-refractivity contribution >= 4 is 23.4 Å². The van der Waals surface area contributed by atoms with Crippen molar-refractivity contribution in [1.82, 2.24) is 10.2 Å². The molecule has 15 heavy (non-hydrogen) atoms. The average Bonchev–Trinajstić information content (AvgIpc) is 2.61. The molecule has 0 bridgehead atoms. The number of carbonyl (C=O) groups excluding carboxylic acids is 2. The smallest absolute Gasteiger partial charge is 0.225 e. The monoisotopic (exact) mass is 230 g/mol. The fraction of sp³-hybridized carbons (Fsp3) is 0.800. The van der Waals surface area contributed by atoms with Crippen LogP contribution < -0.4 is 5.32 Å². The van der Waals surface area contributed by atoms with E-state index in [2.05, 4.69) is 5.32 Å². The van der Waals surface area contributed by atoms with Gasteiger partial charge in [-0.05, 0) is 12.8 Å². The van der Waals surface area contributed by atoms with Gasteiger partial charge in [-0.1, -0.05) is 0 Å². The highest BCUT2D eigenvalue weighted by Gasteiger charge is 2.42. The Kier molecular flexibility index (Phi) is 3.14. The number of halogens is 1. The van der Waals surface area contributed by atoms with Crippen LogP contribution in [0.15, 0.2) is 0 Å². The first-order valence-electron chi connectivity index (χ1n) is 5.37. The van der Waals surface area contributed by atoms with Crippen molar-refractivity contribution in [3.05, 3.63) is 0 Å². The van der Waals surface area contributed by atoms with E-state index in [0.29, 0.717) is 18.8 Å². The third-order valence-electron chi connectivity index (χ3n) is 3.23. The van der Waals surface area contributed by atoms with E-state index in [1.807, 2.05) is 4.90 Å². The Bertz CT molecular complexity index is 283. The number of rotatable bonds is 2. The molecule has 0 aromatic carbocycles. The number of fused-ring (bicyclic) bond motifs is 1. The molecule has 1 N–H and O–H groups in total. The van der Waals surface area contributed by atoms with E-state index in [0.717, 1.165) is 19.4 Å². The van der Waals surface area contributed by atoms with Crippen LogP contribution in [0.1, 0.15) is 19.3 Å². The molecule has 2 fully saturated rings. The largest absolute Gasteiger partial charge is 0.354 e. The lowest BCUT2D eigenvalue weighted by atomic mass is 9.91. The van der Waals surface area contributed by atoms with Gasteiger partial charge in [0, 0.05) is 25.4 Å². The normalized spacial score (nSPS) is 29.9. The number of hydrogen-bond acceptors (Lipinski definition) is 2. The standard InChI is InChI=1S/C10H15ClN2O2/c11-4-3-9(14)13-5-1-2-7-8(13)6-12-10(7)15/h7-8H,1-6H2,(H,12,15). The highest BCUT2D eigenvalue weighted by Crippen LogP contribution is 2.27. The lowest BCUT2D eigenvalue weighted by Gasteiger charge is -2.35. The molecule has 2 saturated heterocycles. The Morgan fingerprint density at radius 3 is 3.13 bits per heavy atom. The Balaban J connectivity index is 2.06. The van der Waals surface area contributed by atoms with E-state index in [1.165, 1.54) is 0 Å². The summed E-state index contributed by atoms with van der Waals surface area (Å²) < 4.78 is 0. The van der Waals surface area contributed by atoms with Crippen molar-refractivity contribution in [1.29, 1.82) is 0 Å². The maximum Gasteiger partial charge on any atom is 0.225 e. The number of alkyl halides is 1. The van der Waals surface area contributed by atoms with E-state index >= 15 is 0 Å². The summed E-state index contributed by atoms with van der Waals surface area (Å²) in [6.07, 6.45) is 2.20. The van der Waals surface area contributed by atoms with Gasteiger partial charge in [-0.2, -0.15) is 0 Å². The molecule has 2 amide bonds. The summed E-state index contributed by atoms with van der Waals surface area (Å²) in [7, 11) is 0. The van der Waals surface area contributed by atoms with Gasteiger partial charge in [-0.3, -0.25) is 9.59 Å².